The number of amides is 2. The second-order valence-corrected chi connectivity index (χ2v) is 12.5. The predicted octanol–water partition coefficient (Wildman–Crippen LogP) is 5.54. The molecule has 43 heavy (non-hydrogen) atoms. The lowest BCUT2D eigenvalue weighted by atomic mass is 9.82. The van der Waals surface area contributed by atoms with E-state index < -0.39 is 11.3 Å². The van der Waals surface area contributed by atoms with Gasteiger partial charge < -0.3 is 24.9 Å². The van der Waals surface area contributed by atoms with Crippen LogP contribution in [0.2, 0.25) is 10.2 Å². The molecule has 7 rings (SSSR count). The van der Waals surface area contributed by atoms with Crippen molar-refractivity contribution < 1.29 is 23.5 Å². The molecule has 0 unspecified atom stereocenters. The number of oxazole rings is 1. The molecule has 2 saturated carbocycles. The molecule has 222 valence electrons. The smallest absolute Gasteiger partial charge is 0.251 e. The Hall–Kier alpha value is -3.89. The molecule has 1 aromatic carbocycles. The standard InChI is InChI=1S/C31H29Cl2N5O5/c1-31(30(34)40)13-42-26-19(31)11-20(37-24(26)17-7-8-35-27(33)23(17)32)18(14-3-4-14)12-36-28(39)16-9-21(41-2)25-22(10-16)43-29(38-25)15-5-6-15/h7-11,14-15,18H,3-6,12-13H2,1-2H3,(H2,34,40)(H,36,39)/t18-,31-/m0/s1. The lowest BCUT2D eigenvalue weighted by Crippen LogP contribution is -2.40. The van der Waals surface area contributed by atoms with Gasteiger partial charge in [0.05, 0.1) is 12.1 Å². The van der Waals surface area contributed by atoms with Gasteiger partial charge in [-0.25, -0.2) is 15.0 Å². The fourth-order valence-electron chi connectivity index (χ4n) is 5.70. The summed E-state index contributed by atoms with van der Waals surface area (Å²) in [5.41, 5.74) is 8.66. The average molecular weight is 623 g/mol. The van der Waals surface area contributed by atoms with E-state index in [9.17, 15) is 9.59 Å². The molecule has 12 heteroatoms. The predicted molar refractivity (Wildman–Crippen MR) is 160 cm³/mol. The van der Waals surface area contributed by atoms with Crippen LogP contribution in [0.25, 0.3) is 22.4 Å². The molecule has 3 N–H and O–H groups in total. The Morgan fingerprint density at radius 2 is 1.98 bits per heavy atom. The quantitative estimate of drug-likeness (QED) is 0.232. The Bertz CT molecular complexity index is 1800. The molecule has 4 aromatic rings. The number of benzene rings is 1. The van der Waals surface area contributed by atoms with Crippen molar-refractivity contribution in [3.8, 4) is 22.8 Å². The third kappa shape index (κ3) is 4.86. The van der Waals surface area contributed by atoms with Crippen LogP contribution < -0.4 is 20.5 Å². The summed E-state index contributed by atoms with van der Waals surface area (Å²) in [5.74, 6) is 1.31. The van der Waals surface area contributed by atoms with E-state index in [0.29, 0.717) is 74.9 Å². The van der Waals surface area contributed by atoms with Gasteiger partial charge in [-0.05, 0) is 62.8 Å². The normalized spacial score (nSPS) is 20.0. The van der Waals surface area contributed by atoms with Gasteiger partial charge in [0.15, 0.2) is 17.0 Å². The third-order valence-electron chi connectivity index (χ3n) is 8.68. The summed E-state index contributed by atoms with van der Waals surface area (Å²) in [7, 11) is 1.55. The third-order valence-corrected chi connectivity index (χ3v) is 9.44. The van der Waals surface area contributed by atoms with E-state index in [1.807, 2.05) is 6.07 Å². The van der Waals surface area contributed by atoms with E-state index in [0.717, 1.165) is 25.7 Å². The number of primary amides is 1. The summed E-state index contributed by atoms with van der Waals surface area (Å²) in [4.78, 5) is 39.7. The minimum Gasteiger partial charge on any atom is -0.494 e. The number of nitrogens with one attached hydrogen (secondary N) is 1. The summed E-state index contributed by atoms with van der Waals surface area (Å²) in [5, 5.41) is 3.45. The van der Waals surface area contributed by atoms with Crippen LogP contribution in [0, 0.1) is 5.92 Å². The van der Waals surface area contributed by atoms with Crippen LogP contribution in [0.5, 0.6) is 11.5 Å². The van der Waals surface area contributed by atoms with Gasteiger partial charge in [0.1, 0.15) is 34.4 Å². The van der Waals surface area contributed by atoms with E-state index in [2.05, 4.69) is 15.3 Å². The summed E-state index contributed by atoms with van der Waals surface area (Å²) in [6, 6.07) is 6.97. The first kappa shape index (κ1) is 27.9. The second kappa shape index (κ2) is 10.4. The van der Waals surface area contributed by atoms with Crippen molar-refractivity contribution in [2.24, 2.45) is 11.7 Å². The van der Waals surface area contributed by atoms with Crippen LogP contribution in [-0.2, 0) is 10.2 Å². The highest BCUT2D eigenvalue weighted by Crippen LogP contribution is 2.49. The maximum atomic E-state index is 13.5. The summed E-state index contributed by atoms with van der Waals surface area (Å²) in [6.07, 6.45) is 5.62. The van der Waals surface area contributed by atoms with Crippen LogP contribution in [0.4, 0.5) is 0 Å². The van der Waals surface area contributed by atoms with Crippen molar-refractivity contribution in [3.05, 3.63) is 63.3 Å². The summed E-state index contributed by atoms with van der Waals surface area (Å²) >= 11 is 12.8. The number of halogens is 2. The Kier molecular flexibility index (Phi) is 6.74. The van der Waals surface area contributed by atoms with Gasteiger partial charge in [0, 0.05) is 47.0 Å². The number of ether oxygens (including phenoxy) is 2. The van der Waals surface area contributed by atoms with Crippen LogP contribution in [0.1, 0.15) is 71.9 Å². The van der Waals surface area contributed by atoms with Crippen molar-refractivity contribution in [1.82, 2.24) is 20.3 Å². The highest BCUT2D eigenvalue weighted by atomic mass is 35.5. The van der Waals surface area contributed by atoms with Gasteiger partial charge in [-0.3, -0.25) is 9.59 Å². The van der Waals surface area contributed by atoms with Gasteiger partial charge >= 0.3 is 0 Å². The highest BCUT2D eigenvalue weighted by Gasteiger charge is 2.45. The molecular formula is C31H29Cl2N5O5. The lowest BCUT2D eigenvalue weighted by Gasteiger charge is -2.22. The van der Waals surface area contributed by atoms with Gasteiger partial charge in [0.25, 0.3) is 5.91 Å². The molecule has 0 radical (unpaired) electrons. The molecule has 0 saturated heterocycles. The number of hydrogen-bond donors (Lipinski definition) is 2. The Morgan fingerprint density at radius 1 is 1.19 bits per heavy atom. The van der Waals surface area contributed by atoms with Crippen molar-refractivity contribution in [1.29, 1.82) is 0 Å². The number of methoxy groups -OCH3 is 1. The zero-order valence-electron chi connectivity index (χ0n) is 23.6. The highest BCUT2D eigenvalue weighted by molar-refractivity contribution is 6.43. The SMILES string of the molecule is COc1cc(C(=O)NC[C@H](c2cc3c(c(-c4ccnc(Cl)c4Cl)n2)OC[C@]3(C)C(N)=O)C2CC2)cc2oc(C3CC3)nc12. The number of carbonyl (C=O) groups excluding carboxylic acids is 2. The monoisotopic (exact) mass is 621 g/mol. The van der Waals surface area contributed by atoms with Gasteiger partial charge in [0.2, 0.25) is 5.91 Å². The molecule has 0 bridgehead atoms. The summed E-state index contributed by atoms with van der Waals surface area (Å²) < 4.78 is 17.5. The fraction of sp³-hybridized carbons (Fsp3) is 0.387. The minimum absolute atomic E-state index is 0.0749. The Labute approximate surface area is 257 Å². The average Bonchev–Trinajstić information content (AvgIpc) is 3.94. The Morgan fingerprint density at radius 3 is 2.67 bits per heavy atom. The molecular weight excluding hydrogens is 593 g/mol. The van der Waals surface area contributed by atoms with Crippen molar-refractivity contribution in [2.75, 3.05) is 20.3 Å². The maximum absolute atomic E-state index is 13.5. The van der Waals surface area contributed by atoms with Gasteiger partial charge in [-0.15, -0.1) is 0 Å². The fourth-order valence-corrected chi connectivity index (χ4v) is 6.06. The molecule has 3 aromatic heterocycles. The lowest BCUT2D eigenvalue weighted by molar-refractivity contribution is -0.123. The molecule has 0 spiro atoms. The van der Waals surface area contributed by atoms with Gasteiger partial charge in [-0.2, -0.15) is 0 Å². The first-order valence-corrected chi connectivity index (χ1v) is 15.0. The van der Waals surface area contributed by atoms with E-state index in [4.69, 9.17) is 47.8 Å². The van der Waals surface area contributed by atoms with E-state index in [1.54, 1.807) is 38.4 Å². The maximum Gasteiger partial charge on any atom is 0.251 e. The number of carbonyl (C=O) groups is 2. The van der Waals surface area contributed by atoms with Crippen LogP contribution in [0.3, 0.4) is 0 Å². The minimum atomic E-state index is -1.06. The molecule has 2 amide bonds. The van der Waals surface area contributed by atoms with Crippen LogP contribution in [0.15, 0.2) is 34.9 Å². The molecule has 3 aliphatic rings. The number of aromatic nitrogens is 3. The van der Waals surface area contributed by atoms with E-state index in [1.165, 1.54) is 0 Å². The molecule has 2 fully saturated rings. The van der Waals surface area contributed by atoms with E-state index >= 15 is 0 Å². The Balaban J connectivity index is 1.23. The van der Waals surface area contributed by atoms with Crippen LogP contribution in [-0.4, -0.2) is 47.0 Å². The number of nitrogens with zero attached hydrogens (tertiary/aromatic N) is 3. The van der Waals surface area contributed by atoms with Crippen LogP contribution >= 0.6 is 23.2 Å². The molecule has 2 aliphatic carbocycles. The van der Waals surface area contributed by atoms with Crippen molar-refractivity contribution in [2.45, 2.75) is 49.9 Å². The van der Waals surface area contributed by atoms with Crippen molar-refractivity contribution in [3.63, 3.8) is 0 Å². The second-order valence-electron chi connectivity index (χ2n) is 11.7. The van der Waals surface area contributed by atoms with Crippen molar-refractivity contribution >= 4 is 46.1 Å². The largest absolute Gasteiger partial charge is 0.494 e. The molecule has 1 aliphatic heterocycles. The number of pyridine rings is 2. The summed E-state index contributed by atoms with van der Waals surface area (Å²) in [6.45, 7) is 2.15. The van der Waals surface area contributed by atoms with E-state index in [-0.39, 0.29) is 28.6 Å². The first-order chi connectivity index (χ1) is 20.7. The number of rotatable bonds is 9. The number of nitrogens with two attached hydrogens (primary N) is 1. The first-order valence-electron chi connectivity index (χ1n) is 14.2. The zero-order chi connectivity index (χ0) is 30.0. The number of fused-ring (bicyclic) bond motifs is 2. The number of hydrogen-bond acceptors (Lipinski definition) is 8. The topological polar surface area (TPSA) is 142 Å². The molecule has 2 atom stereocenters. The molecule has 10 nitrogen and oxygen atoms in total. The van der Waals surface area contributed by atoms with Gasteiger partial charge in [-0.1, -0.05) is 23.2 Å². The zero-order valence-corrected chi connectivity index (χ0v) is 25.1. The molecule has 4 heterocycles.